The van der Waals surface area contributed by atoms with Crippen LogP contribution in [0.25, 0.3) is 0 Å². The molecule has 5 heteroatoms. The Morgan fingerprint density at radius 3 is 2.75 bits per heavy atom. The molecule has 1 heterocycles. The number of hydrogen-bond acceptors (Lipinski definition) is 3. The number of thiocarbonyl (C=S) groups is 1. The SMILES string of the molecule is CCC(C)n1nnc(C(N)=S)c1C1CCC1. The average molecular weight is 238 g/mol. The molecule has 1 aromatic heterocycles. The lowest BCUT2D eigenvalue weighted by molar-refractivity contribution is 0.363. The van der Waals surface area contributed by atoms with Gasteiger partial charge < -0.3 is 5.73 Å². The van der Waals surface area contributed by atoms with Crippen LogP contribution in [-0.2, 0) is 0 Å². The Morgan fingerprint density at radius 2 is 2.31 bits per heavy atom. The molecule has 0 bridgehead atoms. The van der Waals surface area contributed by atoms with Gasteiger partial charge in [0.15, 0.2) is 0 Å². The summed E-state index contributed by atoms with van der Waals surface area (Å²) in [5.41, 5.74) is 7.60. The molecule has 88 valence electrons. The summed E-state index contributed by atoms with van der Waals surface area (Å²) in [4.78, 5) is 0.372. The van der Waals surface area contributed by atoms with Crippen LogP contribution in [0.15, 0.2) is 0 Å². The van der Waals surface area contributed by atoms with Crippen molar-refractivity contribution in [1.29, 1.82) is 0 Å². The van der Waals surface area contributed by atoms with Crippen molar-refractivity contribution in [2.24, 2.45) is 5.73 Å². The van der Waals surface area contributed by atoms with E-state index in [-0.39, 0.29) is 0 Å². The Labute approximate surface area is 101 Å². The normalized spacial score (nSPS) is 18.1. The first-order valence-electron chi connectivity index (χ1n) is 5.90. The molecule has 2 N–H and O–H groups in total. The van der Waals surface area contributed by atoms with Crippen LogP contribution in [0.1, 0.15) is 62.9 Å². The molecule has 1 aromatic rings. The van der Waals surface area contributed by atoms with Gasteiger partial charge in [0.2, 0.25) is 0 Å². The van der Waals surface area contributed by atoms with E-state index in [1.807, 2.05) is 4.68 Å². The van der Waals surface area contributed by atoms with E-state index in [2.05, 4.69) is 24.2 Å². The monoisotopic (exact) mass is 238 g/mol. The number of rotatable bonds is 4. The quantitative estimate of drug-likeness (QED) is 0.817. The molecule has 4 nitrogen and oxygen atoms in total. The van der Waals surface area contributed by atoms with Crippen molar-refractivity contribution in [1.82, 2.24) is 15.0 Å². The van der Waals surface area contributed by atoms with Crippen LogP contribution in [0, 0.1) is 0 Å². The second-order valence-electron chi connectivity index (χ2n) is 4.52. The molecular formula is C11H18N4S. The number of aromatic nitrogens is 3. The van der Waals surface area contributed by atoms with E-state index in [1.165, 1.54) is 19.3 Å². The van der Waals surface area contributed by atoms with Gasteiger partial charge in [0.05, 0.1) is 11.7 Å². The molecule has 0 spiro atoms. The van der Waals surface area contributed by atoms with Gasteiger partial charge in [-0.15, -0.1) is 5.10 Å². The second kappa shape index (κ2) is 4.49. The van der Waals surface area contributed by atoms with Gasteiger partial charge in [-0.25, -0.2) is 4.68 Å². The molecule has 1 atom stereocenters. The first-order chi connectivity index (χ1) is 7.65. The van der Waals surface area contributed by atoms with Crippen molar-refractivity contribution >= 4 is 17.2 Å². The fourth-order valence-electron chi connectivity index (χ4n) is 2.04. The van der Waals surface area contributed by atoms with Gasteiger partial charge in [0.1, 0.15) is 10.7 Å². The van der Waals surface area contributed by atoms with Gasteiger partial charge in [-0.05, 0) is 26.2 Å². The molecule has 1 fully saturated rings. The minimum absolute atomic E-state index is 0.367. The van der Waals surface area contributed by atoms with Crippen LogP contribution < -0.4 is 5.73 Å². The third-order valence-electron chi connectivity index (χ3n) is 3.46. The molecule has 1 saturated carbocycles. The van der Waals surface area contributed by atoms with E-state index < -0.39 is 0 Å². The predicted molar refractivity (Wildman–Crippen MR) is 67.5 cm³/mol. The van der Waals surface area contributed by atoms with Crippen LogP contribution >= 0.6 is 12.2 Å². The van der Waals surface area contributed by atoms with Gasteiger partial charge in [-0.1, -0.05) is 30.8 Å². The highest BCUT2D eigenvalue weighted by Crippen LogP contribution is 2.38. The Morgan fingerprint density at radius 1 is 1.62 bits per heavy atom. The molecule has 0 aromatic carbocycles. The average Bonchev–Trinajstić information content (AvgIpc) is 2.58. The van der Waals surface area contributed by atoms with Crippen LogP contribution in [0.5, 0.6) is 0 Å². The highest BCUT2D eigenvalue weighted by Gasteiger charge is 2.29. The summed E-state index contributed by atoms with van der Waals surface area (Å²) in [5, 5.41) is 8.34. The zero-order valence-corrected chi connectivity index (χ0v) is 10.6. The molecule has 1 unspecified atom stereocenters. The van der Waals surface area contributed by atoms with Crippen molar-refractivity contribution < 1.29 is 0 Å². The summed E-state index contributed by atoms with van der Waals surface area (Å²) in [5.74, 6) is 0.556. The third kappa shape index (κ3) is 1.84. The Balaban J connectivity index is 2.40. The highest BCUT2D eigenvalue weighted by molar-refractivity contribution is 7.80. The zero-order valence-electron chi connectivity index (χ0n) is 9.81. The van der Waals surface area contributed by atoms with Crippen LogP contribution in [0.3, 0.4) is 0 Å². The number of nitrogens with two attached hydrogens (primary N) is 1. The Kier molecular flexibility index (Phi) is 3.23. The summed E-state index contributed by atoms with van der Waals surface area (Å²) in [6, 6.07) is 0.367. The third-order valence-corrected chi connectivity index (χ3v) is 3.66. The maximum atomic E-state index is 5.70. The van der Waals surface area contributed by atoms with E-state index in [0.717, 1.165) is 17.8 Å². The fourth-order valence-corrected chi connectivity index (χ4v) is 2.18. The molecule has 0 radical (unpaired) electrons. The lowest BCUT2D eigenvalue weighted by Gasteiger charge is -2.27. The summed E-state index contributed by atoms with van der Waals surface area (Å²) in [6.07, 6.45) is 4.74. The van der Waals surface area contributed by atoms with E-state index in [9.17, 15) is 0 Å². The zero-order chi connectivity index (χ0) is 11.7. The molecular weight excluding hydrogens is 220 g/mol. The van der Waals surface area contributed by atoms with Crippen molar-refractivity contribution in [3.05, 3.63) is 11.4 Å². The van der Waals surface area contributed by atoms with E-state index in [1.54, 1.807) is 0 Å². The van der Waals surface area contributed by atoms with Crippen LogP contribution in [-0.4, -0.2) is 20.0 Å². The van der Waals surface area contributed by atoms with Crippen molar-refractivity contribution in [3.63, 3.8) is 0 Å². The standard InChI is InChI=1S/C11H18N4S/c1-3-7(2)15-10(8-5-4-6-8)9(11(12)16)13-14-15/h7-8H,3-6H2,1-2H3,(H2,12,16). The van der Waals surface area contributed by atoms with E-state index in [4.69, 9.17) is 18.0 Å². The smallest absolute Gasteiger partial charge is 0.143 e. The van der Waals surface area contributed by atoms with Crippen molar-refractivity contribution in [2.75, 3.05) is 0 Å². The first-order valence-corrected chi connectivity index (χ1v) is 6.30. The minimum atomic E-state index is 0.367. The molecule has 0 amide bonds. The van der Waals surface area contributed by atoms with E-state index >= 15 is 0 Å². The van der Waals surface area contributed by atoms with Gasteiger partial charge in [-0.3, -0.25) is 0 Å². The summed E-state index contributed by atoms with van der Waals surface area (Å²) < 4.78 is 2.01. The Bertz CT molecular complexity index is 395. The molecule has 1 aliphatic carbocycles. The lowest BCUT2D eigenvalue weighted by Crippen LogP contribution is -2.22. The maximum Gasteiger partial charge on any atom is 0.143 e. The number of hydrogen-bond donors (Lipinski definition) is 1. The Hall–Kier alpha value is -0.970. The van der Waals surface area contributed by atoms with Gasteiger partial charge in [-0.2, -0.15) is 0 Å². The number of nitrogens with zero attached hydrogens (tertiary/aromatic N) is 3. The first kappa shape index (κ1) is 11.5. The van der Waals surface area contributed by atoms with Crippen LogP contribution in [0.2, 0.25) is 0 Å². The maximum absolute atomic E-state index is 5.70. The highest BCUT2D eigenvalue weighted by atomic mass is 32.1. The summed E-state index contributed by atoms with van der Waals surface area (Å²) >= 11 is 5.04. The molecule has 16 heavy (non-hydrogen) atoms. The summed E-state index contributed by atoms with van der Waals surface area (Å²) in [6.45, 7) is 4.30. The largest absolute Gasteiger partial charge is 0.388 e. The minimum Gasteiger partial charge on any atom is -0.388 e. The predicted octanol–water partition coefficient (Wildman–Crippen LogP) is 2.15. The van der Waals surface area contributed by atoms with E-state index in [0.29, 0.717) is 16.9 Å². The second-order valence-corrected chi connectivity index (χ2v) is 4.96. The molecule has 2 rings (SSSR count). The van der Waals surface area contributed by atoms with Crippen molar-refractivity contribution in [3.8, 4) is 0 Å². The lowest BCUT2D eigenvalue weighted by atomic mass is 9.82. The van der Waals surface area contributed by atoms with Gasteiger partial charge in [0, 0.05) is 5.92 Å². The van der Waals surface area contributed by atoms with Crippen molar-refractivity contribution in [2.45, 2.75) is 51.5 Å². The van der Waals surface area contributed by atoms with Gasteiger partial charge >= 0.3 is 0 Å². The van der Waals surface area contributed by atoms with Gasteiger partial charge in [0.25, 0.3) is 0 Å². The topological polar surface area (TPSA) is 56.7 Å². The molecule has 1 aliphatic rings. The van der Waals surface area contributed by atoms with Crippen LogP contribution in [0.4, 0.5) is 0 Å². The fraction of sp³-hybridized carbons (Fsp3) is 0.727. The molecule has 0 aliphatic heterocycles. The summed E-state index contributed by atoms with van der Waals surface area (Å²) in [7, 11) is 0. The molecule has 0 saturated heterocycles.